The van der Waals surface area contributed by atoms with Crippen LogP contribution in [0.3, 0.4) is 0 Å². The zero-order valence-corrected chi connectivity index (χ0v) is 14.6. The third-order valence-corrected chi connectivity index (χ3v) is 6.28. The van der Waals surface area contributed by atoms with Crippen molar-refractivity contribution in [2.24, 2.45) is 0 Å². The number of rotatable bonds is 5. The predicted molar refractivity (Wildman–Crippen MR) is 89.6 cm³/mol. The van der Waals surface area contributed by atoms with Gasteiger partial charge in [-0.05, 0) is 37.3 Å². The first kappa shape index (κ1) is 16.6. The molecule has 1 aliphatic heterocycles. The number of carbonyl (C=O) groups is 1. The Labute approximate surface area is 133 Å². The lowest BCUT2D eigenvalue weighted by molar-refractivity contribution is 0.0886. The van der Waals surface area contributed by atoms with Gasteiger partial charge < -0.3 is 5.32 Å². The summed E-state index contributed by atoms with van der Waals surface area (Å²) in [5, 5.41) is 5.03. The quantitative estimate of drug-likeness (QED) is 0.898. The third kappa shape index (κ3) is 4.14. The van der Waals surface area contributed by atoms with Crippen LogP contribution in [0.1, 0.15) is 36.0 Å². The van der Waals surface area contributed by atoms with E-state index < -0.39 is 10.8 Å². The maximum Gasteiger partial charge on any atom is 0.261 e. The molecule has 0 spiro atoms. The lowest BCUT2D eigenvalue weighted by atomic mass is 10.0. The van der Waals surface area contributed by atoms with E-state index in [2.05, 4.69) is 31.0 Å². The smallest absolute Gasteiger partial charge is 0.261 e. The van der Waals surface area contributed by atoms with Crippen molar-refractivity contribution in [3.8, 4) is 0 Å². The van der Waals surface area contributed by atoms with Gasteiger partial charge in [-0.2, -0.15) is 0 Å². The van der Waals surface area contributed by atoms with E-state index in [1.807, 2.05) is 11.4 Å². The standard InChI is InChI=1S/C15H24N2O2S2/c1-4-12-5-8-20-13(12)14(18)16-11-15(2,3)17-6-9-21(19)10-7-17/h5,8H,4,6-7,9-11H2,1-3H3,(H,16,18). The van der Waals surface area contributed by atoms with Crippen molar-refractivity contribution >= 4 is 28.0 Å². The van der Waals surface area contributed by atoms with Crippen molar-refractivity contribution in [3.63, 3.8) is 0 Å². The van der Waals surface area contributed by atoms with E-state index in [0.717, 1.165) is 41.5 Å². The molecule has 1 amide bonds. The predicted octanol–water partition coefficient (Wildman–Crippen LogP) is 1.88. The van der Waals surface area contributed by atoms with E-state index in [1.54, 1.807) is 0 Å². The number of aryl methyl sites for hydroxylation is 1. The monoisotopic (exact) mass is 328 g/mol. The van der Waals surface area contributed by atoms with Gasteiger partial charge in [0.1, 0.15) is 0 Å². The average Bonchev–Trinajstić information content (AvgIpc) is 2.94. The molecule has 1 aliphatic rings. The molecule has 0 atom stereocenters. The Hall–Kier alpha value is -0.720. The molecule has 1 aromatic rings. The molecule has 1 N–H and O–H groups in total. The molecular formula is C15H24N2O2S2. The van der Waals surface area contributed by atoms with Crippen molar-refractivity contribution in [1.29, 1.82) is 0 Å². The van der Waals surface area contributed by atoms with Gasteiger partial charge >= 0.3 is 0 Å². The van der Waals surface area contributed by atoms with Crippen LogP contribution in [-0.4, -0.2) is 51.7 Å². The maximum atomic E-state index is 12.3. The highest BCUT2D eigenvalue weighted by Gasteiger charge is 2.30. The molecule has 21 heavy (non-hydrogen) atoms. The highest BCUT2D eigenvalue weighted by atomic mass is 32.2. The van der Waals surface area contributed by atoms with Crippen molar-refractivity contribution in [3.05, 3.63) is 21.9 Å². The largest absolute Gasteiger partial charge is 0.349 e. The summed E-state index contributed by atoms with van der Waals surface area (Å²) in [7, 11) is -0.664. The fourth-order valence-electron chi connectivity index (χ4n) is 2.55. The van der Waals surface area contributed by atoms with Crippen molar-refractivity contribution in [1.82, 2.24) is 10.2 Å². The van der Waals surface area contributed by atoms with E-state index in [4.69, 9.17) is 0 Å². The van der Waals surface area contributed by atoms with Crippen LogP contribution in [-0.2, 0) is 17.2 Å². The Morgan fingerprint density at radius 3 is 2.71 bits per heavy atom. The summed E-state index contributed by atoms with van der Waals surface area (Å²) in [6, 6.07) is 2.02. The van der Waals surface area contributed by atoms with Gasteiger partial charge in [0, 0.05) is 47.5 Å². The first-order valence-corrected chi connectivity index (χ1v) is 9.75. The maximum absolute atomic E-state index is 12.3. The Bertz CT molecular complexity index is 515. The van der Waals surface area contributed by atoms with Crippen LogP contribution in [0.5, 0.6) is 0 Å². The van der Waals surface area contributed by atoms with Crippen LogP contribution >= 0.6 is 11.3 Å². The molecule has 0 bridgehead atoms. The van der Waals surface area contributed by atoms with Gasteiger partial charge in [0.15, 0.2) is 0 Å². The fraction of sp³-hybridized carbons (Fsp3) is 0.667. The molecule has 0 saturated carbocycles. The second-order valence-electron chi connectivity index (χ2n) is 5.96. The summed E-state index contributed by atoms with van der Waals surface area (Å²) in [4.78, 5) is 15.4. The van der Waals surface area contributed by atoms with Crippen LogP contribution in [0.2, 0.25) is 0 Å². The lowest BCUT2D eigenvalue weighted by Gasteiger charge is -2.40. The number of hydrogen-bond acceptors (Lipinski definition) is 4. The number of thiophene rings is 1. The molecule has 2 rings (SSSR count). The van der Waals surface area contributed by atoms with Crippen LogP contribution < -0.4 is 5.32 Å². The van der Waals surface area contributed by atoms with Gasteiger partial charge in [0.2, 0.25) is 0 Å². The van der Waals surface area contributed by atoms with Gasteiger partial charge in [-0.15, -0.1) is 11.3 Å². The summed E-state index contributed by atoms with van der Waals surface area (Å²) < 4.78 is 11.4. The number of carbonyl (C=O) groups excluding carboxylic acids is 1. The van der Waals surface area contributed by atoms with Crippen LogP contribution in [0.25, 0.3) is 0 Å². The van der Waals surface area contributed by atoms with Crippen LogP contribution in [0.15, 0.2) is 11.4 Å². The first-order chi connectivity index (χ1) is 9.94. The normalized spacial score (nSPS) is 17.9. The number of hydrogen-bond donors (Lipinski definition) is 1. The molecule has 6 heteroatoms. The summed E-state index contributed by atoms with van der Waals surface area (Å²) >= 11 is 1.50. The molecule has 1 fully saturated rings. The highest BCUT2D eigenvalue weighted by molar-refractivity contribution is 7.85. The summed E-state index contributed by atoms with van der Waals surface area (Å²) in [6.45, 7) is 8.63. The van der Waals surface area contributed by atoms with E-state index >= 15 is 0 Å². The topological polar surface area (TPSA) is 49.4 Å². The number of amides is 1. The minimum atomic E-state index is -0.664. The van der Waals surface area contributed by atoms with Crippen LogP contribution in [0.4, 0.5) is 0 Å². The van der Waals surface area contributed by atoms with Crippen molar-refractivity contribution in [2.75, 3.05) is 31.1 Å². The van der Waals surface area contributed by atoms with Gasteiger partial charge in [-0.3, -0.25) is 13.9 Å². The Kier molecular flexibility index (Phi) is 5.57. The third-order valence-electron chi connectivity index (χ3n) is 4.05. The number of nitrogens with one attached hydrogen (secondary N) is 1. The fourth-order valence-corrected chi connectivity index (χ4v) is 4.51. The Balaban J connectivity index is 1.92. The van der Waals surface area contributed by atoms with Gasteiger partial charge in [-0.1, -0.05) is 6.92 Å². The minimum Gasteiger partial charge on any atom is -0.349 e. The molecule has 0 radical (unpaired) electrons. The molecule has 0 aromatic carbocycles. The first-order valence-electron chi connectivity index (χ1n) is 7.38. The second-order valence-corrected chi connectivity index (χ2v) is 8.57. The molecule has 1 saturated heterocycles. The van der Waals surface area contributed by atoms with Gasteiger partial charge in [-0.25, -0.2) is 0 Å². The Morgan fingerprint density at radius 2 is 2.10 bits per heavy atom. The van der Waals surface area contributed by atoms with Gasteiger partial charge in [0.25, 0.3) is 5.91 Å². The molecule has 118 valence electrons. The summed E-state index contributed by atoms with van der Waals surface area (Å²) in [6.07, 6.45) is 0.883. The molecule has 2 heterocycles. The highest BCUT2D eigenvalue weighted by Crippen LogP contribution is 2.19. The van der Waals surface area contributed by atoms with Gasteiger partial charge in [0.05, 0.1) is 4.88 Å². The zero-order chi connectivity index (χ0) is 15.5. The van der Waals surface area contributed by atoms with Crippen LogP contribution in [0, 0.1) is 0 Å². The molecule has 0 unspecified atom stereocenters. The molecular weight excluding hydrogens is 304 g/mol. The van der Waals surface area contributed by atoms with E-state index in [0.29, 0.717) is 6.54 Å². The summed E-state index contributed by atoms with van der Waals surface area (Å²) in [5.41, 5.74) is 1.01. The SMILES string of the molecule is CCc1ccsc1C(=O)NCC(C)(C)N1CCS(=O)CC1. The number of nitrogens with zero attached hydrogens (tertiary/aromatic N) is 1. The van der Waals surface area contributed by atoms with E-state index in [-0.39, 0.29) is 11.4 Å². The average molecular weight is 329 g/mol. The molecule has 4 nitrogen and oxygen atoms in total. The Morgan fingerprint density at radius 1 is 1.43 bits per heavy atom. The zero-order valence-electron chi connectivity index (χ0n) is 13.0. The molecule has 0 aliphatic carbocycles. The summed E-state index contributed by atoms with van der Waals surface area (Å²) in [5.74, 6) is 1.50. The van der Waals surface area contributed by atoms with E-state index in [9.17, 15) is 9.00 Å². The lowest BCUT2D eigenvalue weighted by Crippen LogP contribution is -2.55. The second kappa shape index (κ2) is 7.03. The van der Waals surface area contributed by atoms with Crippen molar-refractivity contribution in [2.45, 2.75) is 32.7 Å². The van der Waals surface area contributed by atoms with Crippen molar-refractivity contribution < 1.29 is 9.00 Å². The minimum absolute atomic E-state index is 0.0236. The van der Waals surface area contributed by atoms with E-state index in [1.165, 1.54) is 11.3 Å². The molecule has 1 aromatic heterocycles.